The van der Waals surface area contributed by atoms with Crippen LogP contribution in [0.4, 0.5) is 4.79 Å². The van der Waals surface area contributed by atoms with E-state index < -0.39 is 20.0 Å². The van der Waals surface area contributed by atoms with E-state index in [0.717, 1.165) is 17.5 Å². The van der Waals surface area contributed by atoms with Crippen LogP contribution < -0.4 is 4.74 Å². The van der Waals surface area contributed by atoms with E-state index in [9.17, 15) is 9.90 Å². The molecule has 0 bridgehead atoms. The molecule has 0 saturated carbocycles. The van der Waals surface area contributed by atoms with E-state index in [0.29, 0.717) is 6.61 Å². The van der Waals surface area contributed by atoms with Gasteiger partial charge in [0.15, 0.2) is 13.9 Å². The minimum absolute atomic E-state index is 0.0627. The fourth-order valence-electron chi connectivity index (χ4n) is 1.74. The Kier molecular flexibility index (Phi) is 7.85. The average molecular weight is 387 g/mol. The van der Waals surface area contributed by atoms with Gasteiger partial charge in [-0.1, -0.05) is 34.1 Å². The van der Waals surface area contributed by atoms with Gasteiger partial charge in [-0.05, 0) is 31.5 Å². The lowest BCUT2D eigenvalue weighted by molar-refractivity contribution is -0.0187. The first-order chi connectivity index (χ1) is 11.9. The number of carbonyl (C=O) groups is 1. The highest BCUT2D eigenvalue weighted by atomic mass is 28.4. The summed E-state index contributed by atoms with van der Waals surface area (Å²) >= 11 is 0. The Morgan fingerprint density at radius 1 is 1.31 bits per heavy atom. The Morgan fingerprint density at radius 2 is 1.96 bits per heavy atom. The van der Waals surface area contributed by atoms with E-state index in [4.69, 9.17) is 13.9 Å². The van der Waals surface area contributed by atoms with Gasteiger partial charge in [-0.3, -0.25) is 0 Å². The molecule has 1 rings (SSSR count). The standard InChI is InChI=1S/C18H34N2O5Si/c1-8-9-12-23-16(22)20-11-10-15(19-20)25-18(5,13-21)14-24-26(6,7)17(2,3)4/h10-11,21H,8-9,12-14H2,1-7H3. The molecule has 0 amide bonds. The summed E-state index contributed by atoms with van der Waals surface area (Å²) in [6.45, 7) is 14.9. The molecular weight excluding hydrogens is 352 g/mol. The van der Waals surface area contributed by atoms with Crippen molar-refractivity contribution in [2.24, 2.45) is 0 Å². The third-order valence-electron chi connectivity index (χ3n) is 4.71. The molecule has 0 aromatic carbocycles. The molecular formula is C18H34N2O5Si. The molecule has 150 valence electrons. The molecule has 0 aliphatic rings. The molecule has 26 heavy (non-hydrogen) atoms. The molecule has 0 aliphatic heterocycles. The fourth-order valence-corrected chi connectivity index (χ4v) is 2.84. The van der Waals surface area contributed by atoms with E-state index in [2.05, 4.69) is 39.0 Å². The van der Waals surface area contributed by atoms with E-state index in [1.54, 1.807) is 13.0 Å². The number of hydrogen-bond acceptors (Lipinski definition) is 6. The Labute approximate surface area is 157 Å². The molecule has 1 atom stereocenters. The van der Waals surface area contributed by atoms with Crippen molar-refractivity contribution < 1.29 is 23.8 Å². The van der Waals surface area contributed by atoms with Crippen LogP contribution in [0.1, 0.15) is 47.5 Å². The van der Waals surface area contributed by atoms with E-state index in [-0.39, 0.29) is 24.1 Å². The molecule has 0 spiro atoms. The first-order valence-corrected chi connectivity index (χ1v) is 12.0. The maximum atomic E-state index is 11.9. The molecule has 1 N–H and O–H groups in total. The summed E-state index contributed by atoms with van der Waals surface area (Å²) in [7, 11) is -1.97. The summed E-state index contributed by atoms with van der Waals surface area (Å²) in [6, 6.07) is 1.57. The second-order valence-corrected chi connectivity index (χ2v) is 13.1. The fraction of sp³-hybridized carbons (Fsp3) is 0.778. The summed E-state index contributed by atoms with van der Waals surface area (Å²) in [6.07, 6.45) is 2.69. The monoisotopic (exact) mass is 386 g/mol. The Hall–Kier alpha value is -1.38. The number of ether oxygens (including phenoxy) is 2. The minimum atomic E-state index is -1.97. The van der Waals surface area contributed by atoms with Gasteiger partial charge in [0.2, 0.25) is 5.88 Å². The van der Waals surface area contributed by atoms with Crippen LogP contribution in [0.3, 0.4) is 0 Å². The van der Waals surface area contributed by atoms with Crippen molar-refractivity contribution in [1.29, 1.82) is 0 Å². The largest absolute Gasteiger partial charge is 0.465 e. The van der Waals surface area contributed by atoms with Crippen molar-refractivity contribution in [1.82, 2.24) is 9.78 Å². The van der Waals surface area contributed by atoms with Crippen molar-refractivity contribution in [2.45, 2.75) is 71.2 Å². The van der Waals surface area contributed by atoms with Crippen LogP contribution in [0.15, 0.2) is 12.3 Å². The molecule has 0 fully saturated rings. The number of unbranched alkanes of at least 4 members (excludes halogenated alkanes) is 1. The summed E-state index contributed by atoms with van der Waals surface area (Å²) in [5.74, 6) is 0.243. The second-order valence-electron chi connectivity index (χ2n) is 8.33. The van der Waals surface area contributed by atoms with Crippen molar-refractivity contribution in [2.75, 3.05) is 19.8 Å². The number of aromatic nitrogens is 2. The van der Waals surface area contributed by atoms with Gasteiger partial charge in [-0.15, -0.1) is 5.10 Å². The second kappa shape index (κ2) is 9.01. The molecule has 1 aromatic rings. The predicted octanol–water partition coefficient (Wildman–Crippen LogP) is 3.82. The van der Waals surface area contributed by atoms with Gasteiger partial charge in [0, 0.05) is 12.3 Å². The van der Waals surface area contributed by atoms with E-state index in [1.807, 2.05) is 6.92 Å². The summed E-state index contributed by atoms with van der Waals surface area (Å²) in [5.41, 5.74) is -0.944. The van der Waals surface area contributed by atoms with Gasteiger partial charge in [0.25, 0.3) is 0 Å². The van der Waals surface area contributed by atoms with Crippen LogP contribution in [0.25, 0.3) is 0 Å². The van der Waals surface area contributed by atoms with Crippen LogP contribution >= 0.6 is 0 Å². The third-order valence-corrected chi connectivity index (χ3v) is 9.18. The molecule has 0 aliphatic carbocycles. The Bertz CT molecular complexity index is 582. The molecule has 7 nitrogen and oxygen atoms in total. The molecule has 8 heteroatoms. The average Bonchev–Trinajstić information content (AvgIpc) is 3.00. The summed E-state index contributed by atoms with van der Waals surface area (Å²) in [4.78, 5) is 11.9. The van der Waals surface area contributed by atoms with Gasteiger partial charge < -0.3 is 19.0 Å². The SMILES string of the molecule is CCCCOC(=O)n1ccc(OC(C)(CO)CO[Si](C)(C)C(C)(C)C)n1. The number of hydrogen-bond donors (Lipinski definition) is 1. The number of aliphatic hydroxyl groups excluding tert-OH is 1. The Balaban J connectivity index is 2.71. The smallest absolute Gasteiger partial charge is 0.434 e. The maximum absolute atomic E-state index is 11.9. The summed E-state index contributed by atoms with van der Waals surface area (Å²) < 4.78 is 18.2. The topological polar surface area (TPSA) is 82.8 Å². The lowest BCUT2D eigenvalue weighted by Gasteiger charge is -2.39. The molecule has 1 aromatic heterocycles. The number of nitrogens with zero attached hydrogens (tertiary/aromatic N) is 2. The van der Waals surface area contributed by atoms with Gasteiger partial charge in [-0.2, -0.15) is 4.68 Å². The van der Waals surface area contributed by atoms with Crippen LogP contribution in [0.5, 0.6) is 5.88 Å². The lowest BCUT2D eigenvalue weighted by atomic mass is 10.1. The van der Waals surface area contributed by atoms with Crippen LogP contribution in [-0.4, -0.2) is 54.7 Å². The maximum Gasteiger partial charge on any atom is 0.434 e. The van der Waals surface area contributed by atoms with Crippen LogP contribution in [0, 0.1) is 0 Å². The van der Waals surface area contributed by atoms with Gasteiger partial charge in [-0.25, -0.2) is 4.79 Å². The lowest BCUT2D eigenvalue weighted by Crippen LogP contribution is -2.49. The highest BCUT2D eigenvalue weighted by Gasteiger charge is 2.40. The number of rotatable bonds is 9. The van der Waals surface area contributed by atoms with Crippen molar-refractivity contribution in [3.8, 4) is 5.88 Å². The molecule has 0 saturated heterocycles. The third kappa shape index (κ3) is 6.41. The quantitative estimate of drug-likeness (QED) is 0.513. The highest BCUT2D eigenvalue weighted by Crippen LogP contribution is 2.37. The van der Waals surface area contributed by atoms with E-state index in [1.165, 1.54) is 6.20 Å². The van der Waals surface area contributed by atoms with Gasteiger partial charge in [0.05, 0.1) is 19.8 Å². The summed E-state index contributed by atoms with van der Waals surface area (Å²) in [5, 5.41) is 13.9. The zero-order valence-electron chi connectivity index (χ0n) is 17.2. The van der Waals surface area contributed by atoms with Crippen LogP contribution in [-0.2, 0) is 9.16 Å². The first kappa shape index (κ1) is 22.7. The van der Waals surface area contributed by atoms with Crippen molar-refractivity contribution >= 4 is 14.4 Å². The highest BCUT2D eigenvalue weighted by molar-refractivity contribution is 6.74. The molecule has 0 radical (unpaired) electrons. The Morgan fingerprint density at radius 3 is 2.50 bits per heavy atom. The minimum Gasteiger partial charge on any atom is -0.465 e. The van der Waals surface area contributed by atoms with Crippen LogP contribution in [0.2, 0.25) is 18.1 Å². The first-order valence-electron chi connectivity index (χ1n) is 9.11. The predicted molar refractivity (Wildman–Crippen MR) is 103 cm³/mol. The number of carbonyl (C=O) groups excluding carboxylic acids is 1. The van der Waals surface area contributed by atoms with Gasteiger partial charge >= 0.3 is 6.09 Å². The zero-order chi connectivity index (χ0) is 20.0. The van der Waals surface area contributed by atoms with Crippen molar-refractivity contribution in [3.63, 3.8) is 0 Å². The zero-order valence-corrected chi connectivity index (χ0v) is 18.2. The van der Waals surface area contributed by atoms with Gasteiger partial charge in [0.1, 0.15) is 0 Å². The van der Waals surface area contributed by atoms with Crippen molar-refractivity contribution in [3.05, 3.63) is 12.3 Å². The number of aliphatic hydroxyl groups is 1. The molecule has 1 heterocycles. The normalized spacial score (nSPS) is 14.8. The molecule has 1 unspecified atom stereocenters. The van der Waals surface area contributed by atoms with E-state index >= 15 is 0 Å².